The molecule has 138 valence electrons. The summed E-state index contributed by atoms with van der Waals surface area (Å²) in [7, 11) is 0. The molecular weight excluding hydrogens is 356 g/mol. The maximum absolute atomic E-state index is 12.2. The minimum absolute atomic E-state index is 0.0778. The Morgan fingerprint density at radius 3 is 2.81 bits per heavy atom. The summed E-state index contributed by atoms with van der Waals surface area (Å²) >= 11 is 6.33. The van der Waals surface area contributed by atoms with Gasteiger partial charge in [-0.15, -0.1) is 0 Å². The monoisotopic (exact) mass is 376 g/mol. The van der Waals surface area contributed by atoms with Crippen LogP contribution in [0, 0.1) is 24.0 Å². The van der Waals surface area contributed by atoms with Crippen molar-refractivity contribution in [1.29, 1.82) is 0 Å². The third-order valence-electron chi connectivity index (χ3n) is 3.92. The number of nitro benzene ring substituents is 1. The summed E-state index contributed by atoms with van der Waals surface area (Å²) in [6, 6.07) is 4.33. The third-order valence-corrected chi connectivity index (χ3v) is 4.32. The van der Waals surface area contributed by atoms with Crippen LogP contribution < -0.4 is 5.32 Å². The Morgan fingerprint density at radius 2 is 2.15 bits per heavy atom. The molecule has 1 aromatic carbocycles. The van der Waals surface area contributed by atoms with Crippen LogP contribution in [0.2, 0.25) is 5.15 Å². The van der Waals surface area contributed by atoms with Gasteiger partial charge in [0.05, 0.1) is 16.3 Å². The van der Waals surface area contributed by atoms with E-state index in [-0.39, 0.29) is 5.69 Å². The Kier molecular flexibility index (Phi) is 6.52. The van der Waals surface area contributed by atoms with Crippen LogP contribution in [0.4, 0.5) is 11.4 Å². The molecule has 0 unspecified atom stereocenters. The molecule has 0 spiro atoms. The Bertz CT molecular complexity index is 858. The SMILES string of the molecule is CCCCn1nc(C)c(/C=C/C(=O)Nc2cc([N+](=O)[O-])ccc2C)c1Cl. The maximum atomic E-state index is 12.2. The van der Waals surface area contributed by atoms with Crippen LogP contribution in [0.3, 0.4) is 0 Å². The zero-order valence-corrected chi connectivity index (χ0v) is 15.7. The highest BCUT2D eigenvalue weighted by Crippen LogP contribution is 2.23. The summed E-state index contributed by atoms with van der Waals surface area (Å²) in [4.78, 5) is 22.5. The van der Waals surface area contributed by atoms with Crippen LogP contribution >= 0.6 is 11.6 Å². The molecule has 1 aromatic heterocycles. The molecule has 0 aliphatic heterocycles. The molecule has 0 radical (unpaired) electrons. The highest BCUT2D eigenvalue weighted by atomic mass is 35.5. The van der Waals surface area contributed by atoms with E-state index in [1.807, 2.05) is 6.92 Å². The molecule has 1 N–H and O–H groups in total. The molecule has 8 heteroatoms. The number of aromatic nitrogens is 2. The van der Waals surface area contributed by atoms with Crippen LogP contribution in [0.1, 0.15) is 36.6 Å². The number of nitrogens with one attached hydrogen (secondary N) is 1. The van der Waals surface area contributed by atoms with Gasteiger partial charge in [0.25, 0.3) is 5.69 Å². The number of hydrogen-bond donors (Lipinski definition) is 1. The molecule has 26 heavy (non-hydrogen) atoms. The van der Waals surface area contributed by atoms with E-state index in [1.54, 1.807) is 23.7 Å². The number of carbonyl (C=O) groups excluding carboxylic acids is 1. The molecule has 0 fully saturated rings. The molecule has 0 saturated carbocycles. The number of rotatable bonds is 7. The number of nitro groups is 1. The maximum Gasteiger partial charge on any atom is 0.271 e. The van der Waals surface area contributed by atoms with Crippen molar-refractivity contribution in [2.45, 2.75) is 40.2 Å². The van der Waals surface area contributed by atoms with Gasteiger partial charge in [-0.25, -0.2) is 0 Å². The van der Waals surface area contributed by atoms with Gasteiger partial charge in [0.1, 0.15) is 5.15 Å². The standard InChI is InChI=1S/C18H21ClN4O3/c1-4-5-10-22-18(19)15(13(3)21-22)8-9-17(24)20-16-11-14(23(25)26)7-6-12(16)2/h6-9,11H,4-5,10H2,1-3H3,(H,20,24)/b9-8+. The normalized spacial score (nSPS) is 11.1. The molecule has 0 saturated heterocycles. The number of anilines is 1. The van der Waals surface area contributed by atoms with Crippen LogP contribution in [0.15, 0.2) is 24.3 Å². The summed E-state index contributed by atoms with van der Waals surface area (Å²) in [5.41, 5.74) is 2.48. The molecule has 7 nitrogen and oxygen atoms in total. The smallest absolute Gasteiger partial charge is 0.271 e. The van der Waals surface area contributed by atoms with Crippen molar-refractivity contribution >= 4 is 35.0 Å². The summed E-state index contributed by atoms with van der Waals surface area (Å²) in [5.74, 6) is -0.398. The molecule has 0 aliphatic carbocycles. The first-order chi connectivity index (χ1) is 12.3. The number of non-ortho nitro benzene ring substituents is 1. The van der Waals surface area contributed by atoms with Crippen LogP contribution in [0.25, 0.3) is 6.08 Å². The number of amides is 1. The third kappa shape index (κ3) is 4.70. The molecule has 2 aromatic rings. The first kappa shape index (κ1) is 19.7. The fraction of sp³-hybridized carbons (Fsp3) is 0.333. The Labute approximate surface area is 156 Å². The fourth-order valence-corrected chi connectivity index (χ4v) is 2.73. The number of benzene rings is 1. The number of aryl methyl sites for hydroxylation is 3. The average molecular weight is 377 g/mol. The number of nitrogens with zero attached hydrogens (tertiary/aromatic N) is 3. The van der Waals surface area contributed by atoms with E-state index in [2.05, 4.69) is 17.3 Å². The molecule has 1 heterocycles. The van der Waals surface area contributed by atoms with E-state index >= 15 is 0 Å². The minimum atomic E-state index is -0.501. The largest absolute Gasteiger partial charge is 0.322 e. The molecule has 0 atom stereocenters. The summed E-state index contributed by atoms with van der Waals surface area (Å²) in [5, 5.41) is 18.4. The highest BCUT2D eigenvalue weighted by molar-refractivity contribution is 6.31. The van der Waals surface area contributed by atoms with E-state index in [0.29, 0.717) is 16.4 Å². The Balaban J connectivity index is 2.14. The lowest BCUT2D eigenvalue weighted by atomic mass is 10.1. The van der Waals surface area contributed by atoms with Gasteiger partial charge >= 0.3 is 0 Å². The quantitative estimate of drug-likeness (QED) is 0.437. The van der Waals surface area contributed by atoms with Crippen molar-refractivity contribution in [2.75, 3.05) is 5.32 Å². The van der Waals surface area contributed by atoms with Gasteiger partial charge in [0.2, 0.25) is 5.91 Å². The number of halogens is 1. The fourth-order valence-electron chi connectivity index (χ4n) is 2.40. The first-order valence-corrected chi connectivity index (χ1v) is 8.68. The lowest BCUT2D eigenvalue weighted by Gasteiger charge is -2.06. The van der Waals surface area contributed by atoms with Crippen molar-refractivity contribution in [1.82, 2.24) is 9.78 Å². The van der Waals surface area contributed by atoms with E-state index in [1.165, 1.54) is 18.2 Å². The predicted molar refractivity (Wildman–Crippen MR) is 102 cm³/mol. The second-order valence-corrected chi connectivity index (χ2v) is 6.30. The molecule has 1 amide bonds. The Hall–Kier alpha value is -2.67. The molecular formula is C18H21ClN4O3. The van der Waals surface area contributed by atoms with Crippen LogP contribution in [0.5, 0.6) is 0 Å². The number of carbonyl (C=O) groups is 1. The van der Waals surface area contributed by atoms with Crippen molar-refractivity contribution in [3.05, 3.63) is 56.4 Å². The van der Waals surface area contributed by atoms with Gasteiger partial charge in [-0.3, -0.25) is 19.6 Å². The summed E-state index contributed by atoms with van der Waals surface area (Å²) in [6.45, 7) is 6.41. The minimum Gasteiger partial charge on any atom is -0.322 e. The van der Waals surface area contributed by atoms with Crippen molar-refractivity contribution < 1.29 is 9.72 Å². The van der Waals surface area contributed by atoms with Crippen molar-refractivity contribution in [3.8, 4) is 0 Å². The molecule has 0 bridgehead atoms. The highest BCUT2D eigenvalue weighted by Gasteiger charge is 2.12. The molecule has 2 rings (SSSR count). The lowest BCUT2D eigenvalue weighted by Crippen LogP contribution is -2.09. The van der Waals surface area contributed by atoms with Gasteiger partial charge in [0, 0.05) is 30.3 Å². The predicted octanol–water partition coefficient (Wildman–Crippen LogP) is 4.51. The first-order valence-electron chi connectivity index (χ1n) is 8.30. The van der Waals surface area contributed by atoms with Crippen molar-refractivity contribution in [3.63, 3.8) is 0 Å². The van der Waals surface area contributed by atoms with E-state index in [4.69, 9.17) is 11.6 Å². The summed E-state index contributed by atoms with van der Waals surface area (Å²) < 4.78 is 1.72. The second-order valence-electron chi connectivity index (χ2n) is 5.95. The van der Waals surface area contributed by atoms with Crippen LogP contribution in [-0.2, 0) is 11.3 Å². The van der Waals surface area contributed by atoms with Gasteiger partial charge in [-0.2, -0.15) is 5.10 Å². The zero-order valence-electron chi connectivity index (χ0n) is 15.0. The van der Waals surface area contributed by atoms with Crippen LogP contribution in [-0.4, -0.2) is 20.6 Å². The van der Waals surface area contributed by atoms with Gasteiger partial charge in [-0.1, -0.05) is 31.0 Å². The summed E-state index contributed by atoms with van der Waals surface area (Å²) in [6.07, 6.45) is 4.95. The van der Waals surface area contributed by atoms with Gasteiger partial charge < -0.3 is 5.32 Å². The zero-order chi connectivity index (χ0) is 19.3. The number of unbranched alkanes of at least 4 members (excludes halogenated alkanes) is 1. The average Bonchev–Trinajstić information content (AvgIpc) is 2.86. The van der Waals surface area contributed by atoms with Gasteiger partial charge in [0.15, 0.2) is 0 Å². The van der Waals surface area contributed by atoms with E-state index < -0.39 is 10.8 Å². The molecule has 0 aliphatic rings. The number of hydrogen-bond acceptors (Lipinski definition) is 4. The van der Waals surface area contributed by atoms with Crippen molar-refractivity contribution in [2.24, 2.45) is 0 Å². The Morgan fingerprint density at radius 1 is 1.42 bits per heavy atom. The second kappa shape index (κ2) is 8.62. The topological polar surface area (TPSA) is 90.1 Å². The lowest BCUT2D eigenvalue weighted by molar-refractivity contribution is -0.384. The van der Waals surface area contributed by atoms with E-state index in [0.717, 1.165) is 30.6 Å². The van der Waals surface area contributed by atoms with E-state index in [9.17, 15) is 14.9 Å². The van der Waals surface area contributed by atoms with Gasteiger partial charge in [-0.05, 0) is 31.9 Å².